The maximum Gasteiger partial charge on any atom is 0.258 e. The second-order valence-electron chi connectivity index (χ2n) is 6.66. The number of hydrogen-bond donors (Lipinski definition) is 0. The maximum atomic E-state index is 13.6. The summed E-state index contributed by atoms with van der Waals surface area (Å²) in [5.41, 5.74) is 1.87. The van der Waals surface area contributed by atoms with Gasteiger partial charge in [0, 0.05) is 16.7 Å². The lowest BCUT2D eigenvalue weighted by molar-refractivity contribution is 0.0982. The Morgan fingerprint density at radius 3 is 2.38 bits per heavy atom. The predicted octanol–water partition coefficient (Wildman–Crippen LogP) is 3.91. The van der Waals surface area contributed by atoms with Crippen molar-refractivity contribution < 1.29 is 17.6 Å². The van der Waals surface area contributed by atoms with Gasteiger partial charge in [-0.3, -0.25) is 4.79 Å². The zero-order valence-corrected chi connectivity index (χ0v) is 15.4. The lowest BCUT2D eigenvalue weighted by Gasteiger charge is -2.28. The standard InChI is InChI=1S/C20H20FNO3S/c1-14(2)15-6-8-18(9-7-15)22(19-10-11-26(24,25)13-19)20(23)16-4-3-5-17(21)12-16/h3-12,14,19H,13H2,1-2H3. The summed E-state index contributed by atoms with van der Waals surface area (Å²) in [6.45, 7) is 4.13. The number of hydrogen-bond acceptors (Lipinski definition) is 3. The highest BCUT2D eigenvalue weighted by molar-refractivity contribution is 7.94. The summed E-state index contributed by atoms with van der Waals surface area (Å²) < 4.78 is 37.3. The molecule has 0 saturated carbocycles. The van der Waals surface area contributed by atoms with Gasteiger partial charge < -0.3 is 4.90 Å². The van der Waals surface area contributed by atoms with Crippen molar-refractivity contribution in [2.75, 3.05) is 10.7 Å². The molecule has 4 nitrogen and oxygen atoms in total. The van der Waals surface area contributed by atoms with Crippen molar-refractivity contribution in [3.05, 3.63) is 77.0 Å². The van der Waals surface area contributed by atoms with E-state index in [0.717, 1.165) is 17.0 Å². The minimum absolute atomic E-state index is 0.177. The first-order valence-electron chi connectivity index (χ1n) is 8.37. The van der Waals surface area contributed by atoms with E-state index in [-0.39, 0.29) is 11.3 Å². The van der Waals surface area contributed by atoms with Crippen LogP contribution in [0.25, 0.3) is 0 Å². The van der Waals surface area contributed by atoms with Crippen LogP contribution >= 0.6 is 0 Å². The molecule has 0 aromatic heterocycles. The molecule has 6 heteroatoms. The van der Waals surface area contributed by atoms with Crippen molar-refractivity contribution in [2.24, 2.45) is 0 Å². The van der Waals surface area contributed by atoms with E-state index in [1.165, 1.54) is 29.2 Å². The van der Waals surface area contributed by atoms with Crippen molar-refractivity contribution >= 4 is 21.4 Å². The summed E-state index contributed by atoms with van der Waals surface area (Å²) in [7, 11) is -3.34. The summed E-state index contributed by atoms with van der Waals surface area (Å²) in [4.78, 5) is 14.5. The second kappa shape index (κ2) is 7.03. The summed E-state index contributed by atoms with van der Waals surface area (Å²) in [5, 5.41) is 1.13. The van der Waals surface area contributed by atoms with Gasteiger partial charge in [0.15, 0.2) is 9.84 Å². The van der Waals surface area contributed by atoms with E-state index in [0.29, 0.717) is 11.6 Å². The van der Waals surface area contributed by atoms with Crippen molar-refractivity contribution in [1.82, 2.24) is 0 Å². The molecule has 1 unspecified atom stereocenters. The van der Waals surface area contributed by atoms with Gasteiger partial charge in [0.05, 0.1) is 11.8 Å². The molecule has 1 heterocycles. The van der Waals surface area contributed by atoms with Crippen LogP contribution in [0.5, 0.6) is 0 Å². The Hall–Kier alpha value is -2.47. The van der Waals surface area contributed by atoms with Crippen molar-refractivity contribution in [2.45, 2.75) is 25.8 Å². The first kappa shape index (κ1) is 18.3. The molecule has 136 valence electrons. The Morgan fingerprint density at radius 2 is 1.85 bits per heavy atom. The van der Waals surface area contributed by atoms with Crippen LogP contribution in [-0.2, 0) is 9.84 Å². The molecule has 0 fully saturated rings. The lowest BCUT2D eigenvalue weighted by Crippen LogP contribution is -2.41. The minimum atomic E-state index is -3.34. The Kier molecular flexibility index (Phi) is 4.96. The van der Waals surface area contributed by atoms with E-state index >= 15 is 0 Å². The number of amides is 1. The third-order valence-electron chi connectivity index (χ3n) is 4.37. The van der Waals surface area contributed by atoms with Gasteiger partial charge in [0.25, 0.3) is 5.91 Å². The first-order chi connectivity index (χ1) is 12.3. The summed E-state index contributed by atoms with van der Waals surface area (Å²) in [6, 6.07) is 12.2. The molecule has 3 rings (SSSR count). The molecule has 0 radical (unpaired) electrons. The zero-order valence-electron chi connectivity index (χ0n) is 14.6. The molecule has 0 saturated heterocycles. The Morgan fingerprint density at radius 1 is 1.15 bits per heavy atom. The SMILES string of the molecule is CC(C)c1ccc(N(C(=O)c2cccc(F)c2)C2C=CS(=O)(=O)C2)cc1. The molecule has 26 heavy (non-hydrogen) atoms. The van der Waals surface area contributed by atoms with Crippen LogP contribution in [0.4, 0.5) is 10.1 Å². The van der Waals surface area contributed by atoms with Gasteiger partial charge in [-0.25, -0.2) is 12.8 Å². The number of halogens is 1. The molecular weight excluding hydrogens is 353 g/mol. The van der Waals surface area contributed by atoms with Crippen molar-refractivity contribution in [1.29, 1.82) is 0 Å². The largest absolute Gasteiger partial charge is 0.300 e. The zero-order chi connectivity index (χ0) is 18.9. The molecule has 0 spiro atoms. The molecule has 0 aliphatic carbocycles. The number of benzene rings is 2. The van der Waals surface area contributed by atoms with Gasteiger partial charge in [-0.2, -0.15) is 0 Å². The van der Waals surface area contributed by atoms with E-state index in [1.807, 2.05) is 12.1 Å². The van der Waals surface area contributed by atoms with Gasteiger partial charge in [-0.05, 0) is 47.9 Å². The average Bonchev–Trinajstić information content (AvgIpc) is 2.95. The van der Waals surface area contributed by atoms with Gasteiger partial charge >= 0.3 is 0 Å². The minimum Gasteiger partial charge on any atom is -0.300 e. The first-order valence-corrected chi connectivity index (χ1v) is 10.1. The fourth-order valence-corrected chi connectivity index (χ4v) is 4.23. The molecule has 1 aliphatic rings. The Labute approximate surface area is 152 Å². The fourth-order valence-electron chi connectivity index (χ4n) is 2.96. The molecule has 0 N–H and O–H groups in total. The highest BCUT2D eigenvalue weighted by Crippen LogP contribution is 2.27. The number of carbonyl (C=O) groups excluding carboxylic acids is 1. The van der Waals surface area contributed by atoms with E-state index in [1.54, 1.807) is 12.1 Å². The average molecular weight is 373 g/mol. The topological polar surface area (TPSA) is 54.5 Å². The smallest absolute Gasteiger partial charge is 0.258 e. The van der Waals surface area contributed by atoms with E-state index < -0.39 is 27.6 Å². The highest BCUT2D eigenvalue weighted by Gasteiger charge is 2.32. The molecular formula is C20H20FNO3S. The van der Waals surface area contributed by atoms with E-state index in [4.69, 9.17) is 0 Å². The monoisotopic (exact) mass is 373 g/mol. The third kappa shape index (κ3) is 3.85. The number of carbonyl (C=O) groups is 1. The number of anilines is 1. The number of nitrogens with zero attached hydrogens (tertiary/aromatic N) is 1. The normalized spacial score (nSPS) is 18.2. The summed E-state index contributed by atoms with van der Waals surface area (Å²) in [5.74, 6) is -0.794. The van der Waals surface area contributed by atoms with Crippen LogP contribution in [0.15, 0.2) is 60.0 Å². The molecule has 1 amide bonds. The van der Waals surface area contributed by atoms with Gasteiger partial charge in [-0.15, -0.1) is 0 Å². The summed E-state index contributed by atoms with van der Waals surface area (Å²) >= 11 is 0. The Bertz CT molecular complexity index is 949. The van der Waals surface area contributed by atoms with E-state index in [9.17, 15) is 17.6 Å². The molecule has 1 aliphatic heterocycles. The summed E-state index contributed by atoms with van der Waals surface area (Å²) in [6.07, 6.45) is 1.50. The van der Waals surface area contributed by atoms with Gasteiger partial charge in [0.1, 0.15) is 5.82 Å². The van der Waals surface area contributed by atoms with Crippen LogP contribution in [-0.4, -0.2) is 26.1 Å². The molecule has 1 atom stereocenters. The number of rotatable bonds is 4. The van der Waals surface area contributed by atoms with Crippen molar-refractivity contribution in [3.8, 4) is 0 Å². The predicted molar refractivity (Wildman–Crippen MR) is 100 cm³/mol. The number of sulfone groups is 1. The molecule has 0 bridgehead atoms. The lowest BCUT2D eigenvalue weighted by atomic mass is 10.0. The van der Waals surface area contributed by atoms with E-state index in [2.05, 4.69) is 13.8 Å². The van der Waals surface area contributed by atoms with Crippen LogP contribution in [0.2, 0.25) is 0 Å². The van der Waals surface area contributed by atoms with Crippen molar-refractivity contribution in [3.63, 3.8) is 0 Å². The fraction of sp³-hybridized carbons (Fsp3) is 0.250. The van der Waals surface area contributed by atoms with Gasteiger partial charge in [0.2, 0.25) is 0 Å². The van der Waals surface area contributed by atoms with Crippen LogP contribution in [0.1, 0.15) is 35.7 Å². The maximum absolute atomic E-state index is 13.6. The molecule has 2 aromatic rings. The quantitative estimate of drug-likeness (QED) is 0.817. The van der Waals surface area contributed by atoms with Gasteiger partial charge in [-0.1, -0.05) is 32.0 Å². The van der Waals surface area contributed by atoms with Crippen LogP contribution in [0.3, 0.4) is 0 Å². The highest BCUT2D eigenvalue weighted by atomic mass is 32.2. The Balaban J connectivity index is 2.02. The molecule has 2 aromatic carbocycles. The van der Waals surface area contributed by atoms with Crippen LogP contribution < -0.4 is 4.90 Å². The second-order valence-corrected chi connectivity index (χ2v) is 8.59. The van der Waals surface area contributed by atoms with Crippen LogP contribution in [0, 0.1) is 5.82 Å². The third-order valence-corrected chi connectivity index (χ3v) is 5.75.